The number of carbonyl (C=O) groups excluding carboxylic acids is 1. The highest BCUT2D eigenvalue weighted by Gasteiger charge is 2.12. The Hall–Kier alpha value is -1.14. The van der Waals surface area contributed by atoms with Crippen molar-refractivity contribution in [1.29, 1.82) is 0 Å². The van der Waals surface area contributed by atoms with Crippen LogP contribution in [0.5, 0.6) is 0 Å². The summed E-state index contributed by atoms with van der Waals surface area (Å²) in [5, 5.41) is 22.1. The summed E-state index contributed by atoms with van der Waals surface area (Å²) in [6.07, 6.45) is 14.6. The molecular formula is C18H38N2O4. The van der Waals surface area contributed by atoms with Gasteiger partial charge in [-0.1, -0.05) is 77.6 Å². The van der Waals surface area contributed by atoms with E-state index in [4.69, 9.17) is 5.11 Å². The van der Waals surface area contributed by atoms with E-state index < -0.39 is 24.4 Å². The maximum atomic E-state index is 10.7. The van der Waals surface area contributed by atoms with Crippen LogP contribution in [0.15, 0.2) is 0 Å². The molecule has 0 aliphatic heterocycles. The molecule has 0 aliphatic carbocycles. The Kier molecular flexibility index (Phi) is 19.0. The highest BCUT2D eigenvalue weighted by atomic mass is 16.4. The van der Waals surface area contributed by atoms with Gasteiger partial charge in [-0.25, -0.2) is 0 Å². The smallest absolute Gasteiger partial charge is 0.305 e. The molecule has 0 aromatic carbocycles. The highest BCUT2D eigenvalue weighted by Crippen LogP contribution is 2.11. The van der Waals surface area contributed by atoms with Crippen molar-refractivity contribution in [3.05, 3.63) is 0 Å². The summed E-state index contributed by atoms with van der Waals surface area (Å²) >= 11 is 0. The standard InChI is InChI=1S/C18H35NO4.H3N/c1-2-3-4-5-6-7-8-9-10-11-12-13-14-19-16(18(22)23)15-17(20)21;/h16,19H,2-15H2,1H3,(H,20,21)(H,22,23);1H3/t16-;/m0./s1. The Bertz CT molecular complexity index is 311. The molecule has 6 heteroatoms. The van der Waals surface area contributed by atoms with Crippen molar-refractivity contribution in [2.75, 3.05) is 6.54 Å². The largest absolute Gasteiger partial charge is 0.548 e. The molecule has 6 N–H and O–H groups in total. The second-order valence-electron chi connectivity index (χ2n) is 6.31. The number of carbonyl (C=O) groups is 2. The summed E-state index contributed by atoms with van der Waals surface area (Å²) < 4.78 is 0. The fraction of sp³-hybridized carbons (Fsp3) is 0.889. The van der Waals surface area contributed by atoms with Crippen molar-refractivity contribution in [1.82, 2.24) is 11.5 Å². The van der Waals surface area contributed by atoms with E-state index in [0.717, 1.165) is 19.3 Å². The fourth-order valence-electron chi connectivity index (χ4n) is 2.66. The van der Waals surface area contributed by atoms with Gasteiger partial charge in [0.15, 0.2) is 0 Å². The lowest BCUT2D eigenvalue weighted by Crippen LogP contribution is -2.46. The lowest BCUT2D eigenvalue weighted by molar-refractivity contribution is -0.308. The summed E-state index contributed by atoms with van der Waals surface area (Å²) in [4.78, 5) is 21.3. The van der Waals surface area contributed by atoms with Gasteiger partial charge in [0, 0.05) is 0 Å². The molecule has 24 heavy (non-hydrogen) atoms. The number of carboxylic acid groups (broad SMARTS) is 2. The van der Waals surface area contributed by atoms with Crippen LogP contribution < -0.4 is 16.6 Å². The first-order valence-corrected chi connectivity index (χ1v) is 9.24. The van der Waals surface area contributed by atoms with Crippen molar-refractivity contribution >= 4 is 11.9 Å². The first-order chi connectivity index (χ1) is 11.1. The molecule has 0 fully saturated rings. The van der Waals surface area contributed by atoms with Crippen LogP contribution in [0.3, 0.4) is 0 Å². The zero-order valence-corrected chi connectivity index (χ0v) is 15.6. The quantitative estimate of drug-likeness (QED) is 0.348. The molecule has 0 bridgehead atoms. The first-order valence-electron chi connectivity index (χ1n) is 9.24. The van der Waals surface area contributed by atoms with E-state index in [2.05, 4.69) is 12.2 Å². The lowest BCUT2D eigenvalue weighted by atomic mass is 10.1. The summed E-state index contributed by atoms with van der Waals surface area (Å²) in [5.41, 5.74) is 0. The highest BCUT2D eigenvalue weighted by molar-refractivity contribution is 5.79. The van der Waals surface area contributed by atoms with Crippen molar-refractivity contribution in [2.24, 2.45) is 0 Å². The predicted octanol–water partition coefficient (Wildman–Crippen LogP) is 3.25. The summed E-state index contributed by atoms with van der Waals surface area (Å²) in [7, 11) is 0. The van der Waals surface area contributed by atoms with Crippen LogP contribution in [-0.4, -0.2) is 29.6 Å². The van der Waals surface area contributed by atoms with E-state index in [-0.39, 0.29) is 6.15 Å². The monoisotopic (exact) mass is 346 g/mol. The van der Waals surface area contributed by atoms with Crippen LogP contribution in [0.4, 0.5) is 0 Å². The van der Waals surface area contributed by atoms with Gasteiger partial charge in [0.05, 0.1) is 18.4 Å². The van der Waals surface area contributed by atoms with E-state index in [1.54, 1.807) is 0 Å². The molecule has 0 rings (SSSR count). The second-order valence-corrected chi connectivity index (χ2v) is 6.31. The third kappa shape index (κ3) is 17.2. The first kappa shape index (κ1) is 25.1. The van der Waals surface area contributed by atoms with Gasteiger partial charge in [0.25, 0.3) is 0 Å². The van der Waals surface area contributed by atoms with Gasteiger partial charge < -0.3 is 26.5 Å². The van der Waals surface area contributed by atoms with Crippen molar-refractivity contribution in [3.63, 3.8) is 0 Å². The van der Waals surface area contributed by atoms with Crippen LogP contribution in [-0.2, 0) is 9.59 Å². The number of quaternary nitrogens is 1. The van der Waals surface area contributed by atoms with Crippen LogP contribution >= 0.6 is 0 Å². The van der Waals surface area contributed by atoms with Gasteiger partial charge in [0.1, 0.15) is 0 Å². The summed E-state index contributed by atoms with van der Waals surface area (Å²) in [5.74, 6) is -2.47. The molecule has 0 aromatic heterocycles. The molecule has 1 atom stereocenters. The molecule has 0 aromatic rings. The van der Waals surface area contributed by atoms with Crippen molar-refractivity contribution < 1.29 is 19.8 Å². The molecule has 144 valence electrons. The van der Waals surface area contributed by atoms with Gasteiger partial charge in [-0.15, -0.1) is 0 Å². The Labute approximate surface area is 147 Å². The van der Waals surface area contributed by atoms with Crippen LogP contribution in [0, 0.1) is 0 Å². The molecular weight excluding hydrogens is 308 g/mol. The molecule has 0 heterocycles. The van der Waals surface area contributed by atoms with Gasteiger partial charge >= 0.3 is 5.97 Å². The second kappa shape index (κ2) is 18.2. The summed E-state index contributed by atoms with van der Waals surface area (Å²) in [6, 6.07) is -1.08. The average Bonchev–Trinajstić information content (AvgIpc) is 2.50. The maximum absolute atomic E-state index is 10.7. The zero-order valence-electron chi connectivity index (χ0n) is 15.6. The molecule has 0 spiro atoms. The maximum Gasteiger partial charge on any atom is 0.305 e. The van der Waals surface area contributed by atoms with E-state index in [1.807, 2.05) is 0 Å². The Morgan fingerprint density at radius 1 is 0.875 bits per heavy atom. The molecule has 6 nitrogen and oxygen atoms in total. The van der Waals surface area contributed by atoms with E-state index >= 15 is 0 Å². The molecule has 0 radical (unpaired) electrons. The molecule has 0 saturated carbocycles. The zero-order chi connectivity index (χ0) is 17.3. The van der Waals surface area contributed by atoms with Crippen molar-refractivity contribution in [2.45, 2.75) is 96.4 Å². The van der Waals surface area contributed by atoms with E-state index in [0.29, 0.717) is 6.54 Å². The van der Waals surface area contributed by atoms with Crippen LogP contribution in [0.1, 0.15) is 90.4 Å². The average molecular weight is 347 g/mol. The molecule has 0 aliphatic rings. The Morgan fingerprint density at radius 2 is 1.29 bits per heavy atom. The minimum absolute atomic E-state index is 0. The Morgan fingerprint density at radius 3 is 1.67 bits per heavy atom. The minimum atomic E-state index is -1.34. The predicted molar refractivity (Wildman–Crippen MR) is 96.1 cm³/mol. The van der Waals surface area contributed by atoms with Gasteiger partial charge in [-0.05, 0) is 13.0 Å². The van der Waals surface area contributed by atoms with Crippen molar-refractivity contribution in [3.8, 4) is 0 Å². The number of carboxylic acids is 2. The van der Waals surface area contributed by atoms with Gasteiger partial charge in [-0.2, -0.15) is 0 Å². The third-order valence-corrected chi connectivity index (χ3v) is 4.08. The third-order valence-electron chi connectivity index (χ3n) is 4.08. The summed E-state index contributed by atoms with van der Waals surface area (Å²) in [6.45, 7) is 2.77. The van der Waals surface area contributed by atoms with Crippen LogP contribution in [0.2, 0.25) is 0 Å². The van der Waals surface area contributed by atoms with Gasteiger partial charge in [-0.3, -0.25) is 4.79 Å². The number of hydrogen-bond donors (Lipinski definition) is 3. The minimum Gasteiger partial charge on any atom is -0.548 e. The topological polar surface area (TPSA) is 126 Å². The van der Waals surface area contributed by atoms with Crippen LogP contribution in [0.25, 0.3) is 0 Å². The Balaban J connectivity index is 0. The molecule has 0 unspecified atom stereocenters. The normalized spacial score (nSPS) is 11.7. The number of aliphatic carboxylic acids is 2. The number of hydrogen-bond acceptors (Lipinski definition) is 4. The molecule has 0 saturated heterocycles. The molecule has 0 amide bonds. The SMILES string of the molecule is CCCCCCCCCCCCCCN[C@@H](CC(=O)O)C(=O)[O-].[NH4+]. The fourth-order valence-corrected chi connectivity index (χ4v) is 2.66. The van der Waals surface area contributed by atoms with Gasteiger partial charge in [0.2, 0.25) is 0 Å². The van der Waals surface area contributed by atoms with E-state index in [1.165, 1.54) is 57.8 Å². The number of unbranched alkanes of at least 4 members (excludes halogenated alkanes) is 11. The van der Waals surface area contributed by atoms with E-state index in [9.17, 15) is 14.7 Å². The lowest BCUT2D eigenvalue weighted by Gasteiger charge is -2.17. The number of nitrogens with one attached hydrogen (secondary N) is 1. The number of rotatable bonds is 17.